The first-order valence-corrected chi connectivity index (χ1v) is 10.3. The van der Waals surface area contributed by atoms with Crippen LogP contribution in [0.15, 0.2) is 0 Å². The van der Waals surface area contributed by atoms with Crippen LogP contribution in [0.3, 0.4) is 0 Å². The summed E-state index contributed by atoms with van der Waals surface area (Å²) in [6.45, 7) is 15.7. The fourth-order valence-corrected chi connectivity index (χ4v) is 2.90. The van der Waals surface area contributed by atoms with Crippen LogP contribution >= 0.6 is 0 Å². The Morgan fingerprint density at radius 1 is 1.35 bits per heavy atom. The zero-order valence-electron chi connectivity index (χ0n) is 14.0. The number of Topliss-reactive ketones (excluding diaryl/α,β-unsaturated/α-hetero) is 1. The molecular weight excluding hydrogens is 272 g/mol. The number of carbonyl (C=O) groups excluding carboxylic acids is 1. The van der Waals surface area contributed by atoms with Crippen LogP contribution < -0.4 is 0 Å². The Bertz CT molecular complexity index is 344. The summed E-state index contributed by atoms with van der Waals surface area (Å²) in [5.74, 6) is -0.615. The molecule has 1 rings (SSSR count). The summed E-state index contributed by atoms with van der Waals surface area (Å²) in [5, 5.41) is 0.222. The summed E-state index contributed by atoms with van der Waals surface area (Å²) in [5.41, 5.74) is 0. The quantitative estimate of drug-likeness (QED) is 0.576. The molecule has 0 aromatic heterocycles. The lowest BCUT2D eigenvalue weighted by molar-refractivity contribution is -0.259. The summed E-state index contributed by atoms with van der Waals surface area (Å²) in [4.78, 5) is 11.8. The minimum atomic E-state index is -1.69. The Kier molecular flexibility index (Phi) is 5.58. The molecule has 1 heterocycles. The zero-order valence-corrected chi connectivity index (χ0v) is 15.0. The molecule has 20 heavy (non-hydrogen) atoms. The summed E-state index contributed by atoms with van der Waals surface area (Å²) in [7, 11) is -1.69. The van der Waals surface area contributed by atoms with Gasteiger partial charge in [0.1, 0.15) is 12.7 Å². The number of ether oxygens (including phenoxy) is 2. The van der Waals surface area contributed by atoms with Crippen LogP contribution in [-0.4, -0.2) is 39.2 Å². The molecule has 1 atom stereocenters. The van der Waals surface area contributed by atoms with Crippen LogP contribution in [0.1, 0.15) is 47.5 Å². The van der Waals surface area contributed by atoms with E-state index in [0.717, 1.165) is 6.42 Å². The van der Waals surface area contributed by atoms with Crippen molar-refractivity contribution >= 4 is 14.1 Å². The minimum Gasteiger partial charge on any atom is -0.417 e. The Morgan fingerprint density at radius 3 is 2.50 bits per heavy atom. The van der Waals surface area contributed by atoms with Gasteiger partial charge in [0.25, 0.3) is 0 Å². The monoisotopic (exact) mass is 302 g/mol. The first-order chi connectivity index (χ1) is 8.95. The van der Waals surface area contributed by atoms with E-state index in [-0.39, 0.29) is 23.5 Å². The predicted molar refractivity (Wildman–Crippen MR) is 82.3 cm³/mol. The van der Waals surface area contributed by atoms with Gasteiger partial charge in [-0.2, -0.15) is 0 Å². The number of hydrogen-bond donors (Lipinski definition) is 0. The van der Waals surface area contributed by atoms with Gasteiger partial charge in [0.15, 0.2) is 19.9 Å². The van der Waals surface area contributed by atoms with Gasteiger partial charge < -0.3 is 13.9 Å². The molecular formula is C15H30O4Si. The lowest BCUT2D eigenvalue weighted by atomic mass is 10.1. The smallest absolute Gasteiger partial charge is 0.191 e. The van der Waals surface area contributed by atoms with E-state index in [4.69, 9.17) is 13.9 Å². The molecule has 1 unspecified atom stereocenters. The molecule has 0 radical (unpaired) electrons. The van der Waals surface area contributed by atoms with Crippen LogP contribution in [0.4, 0.5) is 0 Å². The van der Waals surface area contributed by atoms with Crippen LogP contribution in [0.25, 0.3) is 0 Å². The molecule has 1 fully saturated rings. The van der Waals surface area contributed by atoms with Crippen LogP contribution in [0, 0.1) is 0 Å². The SMILES string of the molecule is CC1(C)OCC(=O)C(CCCO[Si](C)(C)C(C)(C)C)O1. The molecule has 1 aliphatic heterocycles. The molecule has 0 aliphatic carbocycles. The van der Waals surface area contributed by atoms with Gasteiger partial charge in [0, 0.05) is 6.61 Å². The molecule has 0 saturated carbocycles. The Hall–Kier alpha value is -0.233. The lowest BCUT2D eigenvalue weighted by Crippen LogP contribution is -2.46. The summed E-state index contributed by atoms with van der Waals surface area (Å²) >= 11 is 0. The molecule has 0 amide bonds. The van der Waals surface area contributed by atoms with Crippen molar-refractivity contribution in [3.8, 4) is 0 Å². The van der Waals surface area contributed by atoms with E-state index in [2.05, 4.69) is 33.9 Å². The van der Waals surface area contributed by atoms with E-state index in [0.29, 0.717) is 13.0 Å². The predicted octanol–water partition coefficient (Wildman–Crippen LogP) is 3.51. The summed E-state index contributed by atoms with van der Waals surface area (Å²) in [6, 6.07) is 0. The minimum absolute atomic E-state index is 0.0386. The van der Waals surface area contributed by atoms with Gasteiger partial charge >= 0.3 is 0 Å². The molecule has 118 valence electrons. The van der Waals surface area contributed by atoms with Crippen molar-refractivity contribution in [1.82, 2.24) is 0 Å². The summed E-state index contributed by atoms with van der Waals surface area (Å²) < 4.78 is 17.1. The maximum atomic E-state index is 11.8. The van der Waals surface area contributed by atoms with Gasteiger partial charge in [-0.1, -0.05) is 20.8 Å². The van der Waals surface area contributed by atoms with E-state index in [9.17, 15) is 4.79 Å². The fraction of sp³-hybridized carbons (Fsp3) is 0.933. The molecule has 0 aromatic carbocycles. The zero-order chi connectivity index (χ0) is 15.6. The molecule has 0 aromatic rings. The standard InChI is InChI=1S/C15H30O4Si/c1-14(2,3)20(6,7)18-10-8-9-13-12(16)11-17-15(4,5)19-13/h13H,8-11H2,1-7H3. The normalized spacial score (nSPS) is 23.9. The average molecular weight is 302 g/mol. The largest absolute Gasteiger partial charge is 0.417 e. The van der Waals surface area contributed by atoms with Crippen molar-refractivity contribution in [1.29, 1.82) is 0 Å². The third-order valence-corrected chi connectivity index (χ3v) is 8.77. The Labute approximate surface area is 124 Å². The number of ketones is 1. The summed E-state index contributed by atoms with van der Waals surface area (Å²) in [6.07, 6.45) is 1.21. The van der Waals surface area contributed by atoms with Gasteiger partial charge in [-0.05, 0) is 44.8 Å². The van der Waals surface area contributed by atoms with Gasteiger partial charge in [-0.15, -0.1) is 0 Å². The number of hydrogen-bond acceptors (Lipinski definition) is 4. The third-order valence-electron chi connectivity index (χ3n) is 4.23. The Morgan fingerprint density at radius 2 is 1.95 bits per heavy atom. The van der Waals surface area contributed by atoms with Crippen molar-refractivity contribution in [3.05, 3.63) is 0 Å². The Balaban J connectivity index is 2.36. The van der Waals surface area contributed by atoms with Crippen molar-refractivity contribution in [2.45, 2.75) is 77.5 Å². The molecule has 1 saturated heterocycles. The molecule has 1 aliphatic rings. The van der Waals surface area contributed by atoms with Crippen molar-refractivity contribution < 1.29 is 18.7 Å². The number of carbonyl (C=O) groups is 1. The van der Waals surface area contributed by atoms with E-state index in [1.54, 1.807) is 0 Å². The second-order valence-electron chi connectivity index (χ2n) is 7.51. The molecule has 0 spiro atoms. The number of rotatable bonds is 5. The van der Waals surface area contributed by atoms with Gasteiger partial charge in [0.2, 0.25) is 0 Å². The van der Waals surface area contributed by atoms with Gasteiger partial charge in [-0.25, -0.2) is 0 Å². The highest BCUT2D eigenvalue weighted by atomic mass is 28.4. The van der Waals surface area contributed by atoms with Crippen LogP contribution in [0.2, 0.25) is 18.1 Å². The topological polar surface area (TPSA) is 44.8 Å². The van der Waals surface area contributed by atoms with E-state index in [1.807, 2.05) is 13.8 Å². The van der Waals surface area contributed by atoms with Gasteiger partial charge in [0.05, 0.1) is 0 Å². The highest BCUT2D eigenvalue weighted by Gasteiger charge is 2.37. The molecule has 4 nitrogen and oxygen atoms in total. The molecule has 0 bridgehead atoms. The fourth-order valence-electron chi connectivity index (χ4n) is 1.81. The maximum Gasteiger partial charge on any atom is 0.191 e. The lowest BCUT2D eigenvalue weighted by Gasteiger charge is -2.37. The van der Waals surface area contributed by atoms with Gasteiger partial charge in [-0.3, -0.25) is 4.79 Å². The highest BCUT2D eigenvalue weighted by molar-refractivity contribution is 6.74. The maximum absolute atomic E-state index is 11.8. The van der Waals surface area contributed by atoms with Crippen LogP contribution in [0.5, 0.6) is 0 Å². The molecule has 0 N–H and O–H groups in total. The first kappa shape index (κ1) is 17.8. The second kappa shape index (κ2) is 6.26. The first-order valence-electron chi connectivity index (χ1n) is 7.43. The highest BCUT2D eigenvalue weighted by Crippen LogP contribution is 2.36. The van der Waals surface area contributed by atoms with Crippen molar-refractivity contribution in [2.75, 3.05) is 13.2 Å². The molecule has 5 heteroatoms. The van der Waals surface area contributed by atoms with E-state index >= 15 is 0 Å². The van der Waals surface area contributed by atoms with E-state index < -0.39 is 14.1 Å². The third kappa shape index (κ3) is 4.95. The van der Waals surface area contributed by atoms with Crippen molar-refractivity contribution in [3.63, 3.8) is 0 Å². The van der Waals surface area contributed by atoms with E-state index in [1.165, 1.54) is 0 Å². The van der Waals surface area contributed by atoms with Crippen LogP contribution in [-0.2, 0) is 18.7 Å². The average Bonchev–Trinajstić information content (AvgIpc) is 2.27. The second-order valence-corrected chi connectivity index (χ2v) is 12.3. The van der Waals surface area contributed by atoms with Crippen molar-refractivity contribution in [2.24, 2.45) is 0 Å².